The van der Waals surface area contributed by atoms with E-state index in [4.69, 9.17) is 16.3 Å². The fraction of sp³-hybridized carbons (Fsp3) is 0.417. The summed E-state index contributed by atoms with van der Waals surface area (Å²) in [6, 6.07) is 20.7. The standard InChI is InChI=1S/C36H45ClN4O6S/c1-3-39(4-2)18-19-40(32(43)17-23-47-22-16-26-10-12-29(37)13-11-26)20-21-41(36(45)46)25-28(24-27-8-6-5-7-9-27)30-14-15-31(42)33-34(30)48-35(44)38-33/h5-15,28,42H,3-4,16-25H2,1-2H3,(H,38,44)(H,45,46). The van der Waals surface area contributed by atoms with Gasteiger partial charge in [0.2, 0.25) is 5.91 Å². The van der Waals surface area contributed by atoms with Gasteiger partial charge in [0.05, 0.1) is 24.3 Å². The van der Waals surface area contributed by atoms with Crippen molar-refractivity contribution in [1.29, 1.82) is 0 Å². The van der Waals surface area contributed by atoms with E-state index in [2.05, 4.69) is 23.7 Å². The van der Waals surface area contributed by atoms with Crippen molar-refractivity contribution in [3.05, 3.63) is 98.1 Å². The van der Waals surface area contributed by atoms with Gasteiger partial charge in [0.15, 0.2) is 0 Å². The van der Waals surface area contributed by atoms with Crippen LogP contribution in [0.1, 0.15) is 42.9 Å². The van der Waals surface area contributed by atoms with Crippen molar-refractivity contribution >= 4 is 45.2 Å². The Bertz CT molecular complexity index is 1660. The third-order valence-corrected chi connectivity index (χ3v) is 9.73. The van der Waals surface area contributed by atoms with Crippen molar-refractivity contribution in [2.24, 2.45) is 0 Å². The molecule has 1 atom stereocenters. The fourth-order valence-electron chi connectivity index (χ4n) is 5.73. The molecule has 3 N–H and O–H groups in total. The number of phenols is 1. The van der Waals surface area contributed by atoms with E-state index in [0.717, 1.165) is 41.1 Å². The Morgan fingerprint density at radius 2 is 1.58 bits per heavy atom. The quantitative estimate of drug-likeness (QED) is 0.102. The molecule has 1 unspecified atom stereocenters. The summed E-state index contributed by atoms with van der Waals surface area (Å²) in [6.07, 6.45) is 0.337. The molecule has 12 heteroatoms. The average Bonchev–Trinajstić information content (AvgIpc) is 3.48. The van der Waals surface area contributed by atoms with Crippen molar-refractivity contribution in [3.63, 3.8) is 0 Å². The number of H-pyrrole nitrogens is 1. The Morgan fingerprint density at radius 3 is 2.27 bits per heavy atom. The SMILES string of the molecule is CCN(CC)CCN(CCN(CC(Cc1ccccc1)c1ccc(O)c2[nH]c(=O)sc12)C(=O)O)C(=O)CCOCCc1ccc(Cl)cc1. The Labute approximate surface area is 290 Å². The highest BCUT2D eigenvalue weighted by Gasteiger charge is 2.25. The third-order valence-electron chi connectivity index (χ3n) is 8.55. The summed E-state index contributed by atoms with van der Waals surface area (Å²) >= 11 is 6.97. The highest BCUT2D eigenvalue weighted by molar-refractivity contribution is 7.16. The van der Waals surface area contributed by atoms with Gasteiger partial charge in [-0.2, -0.15) is 0 Å². The molecule has 0 aliphatic rings. The molecule has 0 saturated carbocycles. The molecule has 0 radical (unpaired) electrons. The predicted octanol–water partition coefficient (Wildman–Crippen LogP) is 6.07. The second-order valence-electron chi connectivity index (χ2n) is 11.7. The van der Waals surface area contributed by atoms with Crippen LogP contribution in [0.4, 0.5) is 4.79 Å². The van der Waals surface area contributed by atoms with Gasteiger partial charge >= 0.3 is 11.0 Å². The number of aromatic hydroxyl groups is 1. The van der Waals surface area contributed by atoms with Crippen LogP contribution in [0.5, 0.6) is 5.75 Å². The molecule has 48 heavy (non-hydrogen) atoms. The van der Waals surface area contributed by atoms with E-state index in [1.165, 1.54) is 11.0 Å². The Kier molecular flexibility index (Phi) is 14.3. The average molecular weight is 697 g/mol. The lowest BCUT2D eigenvalue weighted by molar-refractivity contribution is -0.132. The van der Waals surface area contributed by atoms with Crippen LogP contribution in [-0.4, -0.2) is 101 Å². The van der Waals surface area contributed by atoms with Crippen LogP contribution < -0.4 is 4.87 Å². The molecule has 0 fully saturated rings. The monoisotopic (exact) mass is 696 g/mol. The molecule has 1 heterocycles. The van der Waals surface area contributed by atoms with Crippen LogP contribution in [0.3, 0.4) is 0 Å². The second kappa shape index (κ2) is 18.6. The van der Waals surface area contributed by atoms with Crippen LogP contribution in [0.15, 0.2) is 71.5 Å². The van der Waals surface area contributed by atoms with Crippen molar-refractivity contribution in [2.75, 3.05) is 59.0 Å². The van der Waals surface area contributed by atoms with Gasteiger partial charge in [-0.15, -0.1) is 0 Å². The minimum absolute atomic E-state index is 0.0306. The number of amides is 2. The normalized spacial score (nSPS) is 12.0. The first-order valence-corrected chi connectivity index (χ1v) is 17.6. The number of carbonyl (C=O) groups is 2. The number of benzene rings is 3. The van der Waals surface area contributed by atoms with E-state index in [-0.39, 0.29) is 55.1 Å². The van der Waals surface area contributed by atoms with E-state index in [1.54, 1.807) is 11.0 Å². The maximum atomic E-state index is 13.4. The van der Waals surface area contributed by atoms with Gasteiger partial charge in [-0.25, -0.2) is 4.79 Å². The zero-order chi connectivity index (χ0) is 34.5. The maximum Gasteiger partial charge on any atom is 0.407 e. The number of likely N-dealkylation sites (N-methyl/N-ethyl adjacent to an activating group) is 1. The largest absolute Gasteiger partial charge is 0.506 e. The zero-order valence-electron chi connectivity index (χ0n) is 27.6. The molecular weight excluding hydrogens is 652 g/mol. The number of thiazole rings is 1. The number of hydrogen-bond acceptors (Lipinski definition) is 7. The number of rotatable bonds is 19. The molecule has 0 aliphatic heterocycles. The van der Waals surface area contributed by atoms with Crippen LogP contribution in [-0.2, 0) is 22.4 Å². The maximum absolute atomic E-state index is 13.4. The molecule has 4 rings (SSSR count). The van der Waals surface area contributed by atoms with Crippen molar-refractivity contribution < 1.29 is 24.5 Å². The smallest absolute Gasteiger partial charge is 0.407 e. The lowest BCUT2D eigenvalue weighted by atomic mass is 9.91. The van der Waals surface area contributed by atoms with Crippen LogP contribution in [0.25, 0.3) is 10.2 Å². The Hall–Kier alpha value is -3.90. The number of carboxylic acid groups (broad SMARTS) is 1. The summed E-state index contributed by atoms with van der Waals surface area (Å²) in [7, 11) is 0. The third kappa shape index (κ3) is 10.8. The first-order valence-electron chi connectivity index (χ1n) is 16.4. The number of halogens is 1. The number of nitrogens with one attached hydrogen (secondary N) is 1. The lowest BCUT2D eigenvalue weighted by Crippen LogP contribution is -2.45. The molecule has 4 aromatic rings. The lowest BCUT2D eigenvalue weighted by Gasteiger charge is -2.31. The molecular formula is C36H45ClN4O6S. The molecule has 10 nitrogen and oxygen atoms in total. The first-order chi connectivity index (χ1) is 23.2. The first kappa shape index (κ1) is 36.9. The summed E-state index contributed by atoms with van der Waals surface area (Å²) in [4.78, 5) is 46.1. The van der Waals surface area contributed by atoms with Gasteiger partial charge in [0, 0.05) is 43.7 Å². The van der Waals surface area contributed by atoms with Crippen LogP contribution >= 0.6 is 22.9 Å². The number of ether oxygens (including phenoxy) is 1. The van der Waals surface area contributed by atoms with Crippen molar-refractivity contribution in [1.82, 2.24) is 19.7 Å². The number of carbonyl (C=O) groups excluding carboxylic acids is 1. The van der Waals surface area contributed by atoms with E-state index in [0.29, 0.717) is 47.8 Å². The zero-order valence-corrected chi connectivity index (χ0v) is 29.1. The fourth-order valence-corrected chi connectivity index (χ4v) is 6.80. The number of phenolic OH excluding ortho intramolecular Hbond substituents is 1. The van der Waals surface area contributed by atoms with E-state index in [1.807, 2.05) is 54.6 Å². The number of hydrogen-bond donors (Lipinski definition) is 3. The summed E-state index contributed by atoms with van der Waals surface area (Å²) in [6.45, 7) is 8.24. The number of aromatic amines is 1. The van der Waals surface area contributed by atoms with Gasteiger partial charge in [-0.3, -0.25) is 9.59 Å². The summed E-state index contributed by atoms with van der Waals surface area (Å²) in [5.74, 6) is -0.430. The number of fused-ring (bicyclic) bond motifs is 1. The molecule has 258 valence electrons. The van der Waals surface area contributed by atoms with E-state index >= 15 is 0 Å². The second-order valence-corrected chi connectivity index (χ2v) is 13.1. The van der Waals surface area contributed by atoms with Gasteiger partial charge in [0.25, 0.3) is 0 Å². The van der Waals surface area contributed by atoms with E-state index < -0.39 is 6.09 Å². The van der Waals surface area contributed by atoms with Gasteiger partial charge < -0.3 is 34.6 Å². The molecule has 1 aromatic heterocycles. The summed E-state index contributed by atoms with van der Waals surface area (Å²) in [5, 5.41) is 21.4. The number of aromatic nitrogens is 1. The number of nitrogens with zero attached hydrogens (tertiary/aromatic N) is 3. The Morgan fingerprint density at radius 1 is 0.896 bits per heavy atom. The molecule has 0 aliphatic carbocycles. The van der Waals surface area contributed by atoms with Crippen molar-refractivity contribution in [2.45, 2.75) is 39.0 Å². The molecule has 3 aromatic carbocycles. The Balaban J connectivity index is 1.46. The molecule has 2 amide bonds. The molecule has 0 saturated heterocycles. The predicted molar refractivity (Wildman–Crippen MR) is 192 cm³/mol. The van der Waals surface area contributed by atoms with Gasteiger partial charge in [0.1, 0.15) is 11.3 Å². The molecule has 0 bridgehead atoms. The van der Waals surface area contributed by atoms with Crippen LogP contribution in [0.2, 0.25) is 5.02 Å². The minimum atomic E-state index is -1.09. The van der Waals surface area contributed by atoms with Gasteiger partial charge in [-0.1, -0.05) is 85.3 Å². The molecule has 0 spiro atoms. The summed E-state index contributed by atoms with van der Waals surface area (Å²) in [5.41, 5.74) is 3.26. The van der Waals surface area contributed by atoms with Gasteiger partial charge in [-0.05, 0) is 60.8 Å². The topological polar surface area (TPSA) is 126 Å². The highest BCUT2D eigenvalue weighted by atomic mass is 35.5. The summed E-state index contributed by atoms with van der Waals surface area (Å²) < 4.78 is 6.40. The van der Waals surface area contributed by atoms with E-state index in [9.17, 15) is 24.6 Å². The highest BCUT2D eigenvalue weighted by Crippen LogP contribution is 2.34. The van der Waals surface area contributed by atoms with Crippen molar-refractivity contribution in [3.8, 4) is 5.75 Å². The van der Waals surface area contributed by atoms with Crippen LogP contribution in [0, 0.1) is 0 Å². The minimum Gasteiger partial charge on any atom is -0.506 e.